The summed E-state index contributed by atoms with van der Waals surface area (Å²) in [6, 6.07) is 48.6. The van der Waals surface area contributed by atoms with Crippen LogP contribution in [0.25, 0.3) is 76.9 Å². The van der Waals surface area contributed by atoms with Gasteiger partial charge >= 0.3 is 0 Å². The van der Waals surface area contributed by atoms with Gasteiger partial charge in [-0.3, -0.25) is 0 Å². The third-order valence-corrected chi connectivity index (χ3v) is 9.44. The minimum Gasteiger partial charge on any atom is -0.456 e. The molecule has 1 aliphatic rings. The fourth-order valence-electron chi connectivity index (χ4n) is 7.60. The van der Waals surface area contributed by atoms with Gasteiger partial charge in [-0.2, -0.15) is 0 Å². The molecule has 9 rings (SSSR count). The van der Waals surface area contributed by atoms with Gasteiger partial charge in [0, 0.05) is 21.9 Å². The summed E-state index contributed by atoms with van der Waals surface area (Å²) in [5, 5.41) is 8.77. The molecule has 0 saturated heterocycles. The standard InChI is InChI=1S/C41H28O/c1-41(2)35-21-10-9-19-33(35)40-39(41)34-23-22-26(24-36(34)42-40)37-29-15-5-7-17-31(29)38(32-18-8-6-16-30(32)37)28-20-11-13-25-12-3-4-14-27(25)28/h3-24H,1-2H3. The monoisotopic (exact) mass is 536 g/mol. The van der Waals surface area contributed by atoms with Gasteiger partial charge in [0.2, 0.25) is 0 Å². The van der Waals surface area contributed by atoms with E-state index in [4.69, 9.17) is 4.42 Å². The quantitative estimate of drug-likeness (QED) is 0.200. The Labute approximate surface area is 244 Å². The van der Waals surface area contributed by atoms with Crippen LogP contribution in [-0.2, 0) is 5.41 Å². The molecule has 1 nitrogen and oxygen atoms in total. The Morgan fingerprint density at radius 3 is 1.79 bits per heavy atom. The van der Waals surface area contributed by atoms with Crippen molar-refractivity contribution in [3.8, 4) is 33.6 Å². The molecule has 0 unspecified atom stereocenters. The zero-order valence-electron chi connectivity index (χ0n) is 23.6. The minimum absolute atomic E-state index is 0.0990. The third-order valence-electron chi connectivity index (χ3n) is 9.44. The lowest BCUT2D eigenvalue weighted by atomic mass is 9.81. The average molecular weight is 537 g/mol. The van der Waals surface area contributed by atoms with Crippen molar-refractivity contribution in [1.82, 2.24) is 0 Å². The first-order chi connectivity index (χ1) is 20.6. The Hall–Kier alpha value is -5.14. The van der Waals surface area contributed by atoms with Crippen molar-refractivity contribution in [3.63, 3.8) is 0 Å². The Bertz CT molecular complexity index is 2320. The van der Waals surface area contributed by atoms with E-state index < -0.39 is 0 Å². The topological polar surface area (TPSA) is 13.1 Å². The molecule has 1 aromatic heterocycles. The maximum absolute atomic E-state index is 6.70. The molecule has 198 valence electrons. The number of fused-ring (bicyclic) bond motifs is 8. The average Bonchev–Trinajstić information content (AvgIpc) is 3.52. The van der Waals surface area contributed by atoms with Gasteiger partial charge in [0.25, 0.3) is 0 Å². The van der Waals surface area contributed by atoms with E-state index in [9.17, 15) is 0 Å². The number of hydrogen-bond donors (Lipinski definition) is 0. The Morgan fingerprint density at radius 2 is 1.05 bits per heavy atom. The van der Waals surface area contributed by atoms with E-state index in [2.05, 4.69) is 147 Å². The second kappa shape index (κ2) is 8.44. The van der Waals surface area contributed by atoms with Crippen molar-refractivity contribution in [2.75, 3.05) is 0 Å². The van der Waals surface area contributed by atoms with E-state index in [1.54, 1.807) is 0 Å². The molecule has 0 fully saturated rings. The van der Waals surface area contributed by atoms with Crippen LogP contribution in [0.15, 0.2) is 138 Å². The molecule has 8 aromatic rings. The van der Waals surface area contributed by atoms with E-state index in [0.29, 0.717) is 0 Å². The van der Waals surface area contributed by atoms with Gasteiger partial charge in [0.15, 0.2) is 0 Å². The lowest BCUT2D eigenvalue weighted by molar-refractivity contribution is 0.619. The van der Waals surface area contributed by atoms with Crippen molar-refractivity contribution < 1.29 is 4.42 Å². The van der Waals surface area contributed by atoms with Crippen LogP contribution in [0.4, 0.5) is 0 Å². The molecule has 0 bridgehead atoms. The summed E-state index contributed by atoms with van der Waals surface area (Å²) in [6.07, 6.45) is 0. The lowest BCUT2D eigenvalue weighted by Gasteiger charge is -2.21. The molecule has 42 heavy (non-hydrogen) atoms. The predicted molar refractivity (Wildman–Crippen MR) is 177 cm³/mol. The molecule has 1 heterocycles. The number of hydrogen-bond acceptors (Lipinski definition) is 1. The molecule has 7 aromatic carbocycles. The maximum Gasteiger partial charge on any atom is 0.139 e. The molecular formula is C41H28O. The van der Waals surface area contributed by atoms with Crippen molar-refractivity contribution in [1.29, 1.82) is 0 Å². The molecule has 1 aliphatic carbocycles. The van der Waals surface area contributed by atoms with E-state index >= 15 is 0 Å². The highest BCUT2D eigenvalue weighted by molar-refractivity contribution is 6.23. The first-order valence-electron chi connectivity index (χ1n) is 14.7. The summed E-state index contributed by atoms with van der Waals surface area (Å²) < 4.78 is 6.70. The Morgan fingerprint density at radius 1 is 0.476 bits per heavy atom. The Balaban J connectivity index is 1.35. The molecule has 0 aliphatic heterocycles. The third kappa shape index (κ3) is 3.08. The zero-order chi connectivity index (χ0) is 28.0. The zero-order valence-corrected chi connectivity index (χ0v) is 23.6. The van der Waals surface area contributed by atoms with E-state index in [0.717, 1.165) is 11.3 Å². The van der Waals surface area contributed by atoms with Gasteiger partial charge in [-0.1, -0.05) is 141 Å². The summed E-state index contributed by atoms with van der Waals surface area (Å²) in [5.41, 5.74) is 9.69. The fraction of sp³-hybridized carbons (Fsp3) is 0.0732. The molecule has 0 amide bonds. The predicted octanol–water partition coefficient (Wildman–Crippen LogP) is 11.5. The first-order valence-corrected chi connectivity index (χ1v) is 14.7. The highest BCUT2D eigenvalue weighted by Crippen LogP contribution is 2.53. The molecule has 0 saturated carbocycles. The van der Waals surface area contributed by atoms with Crippen LogP contribution < -0.4 is 0 Å². The van der Waals surface area contributed by atoms with Crippen LogP contribution in [0.3, 0.4) is 0 Å². The first kappa shape index (κ1) is 23.6. The van der Waals surface area contributed by atoms with Gasteiger partial charge in [0.1, 0.15) is 11.3 Å². The van der Waals surface area contributed by atoms with Crippen LogP contribution >= 0.6 is 0 Å². The van der Waals surface area contributed by atoms with Gasteiger partial charge < -0.3 is 4.42 Å². The normalized spacial score (nSPS) is 13.7. The highest BCUT2D eigenvalue weighted by Gasteiger charge is 2.40. The number of rotatable bonds is 2. The lowest BCUT2D eigenvalue weighted by Crippen LogP contribution is -2.14. The van der Waals surface area contributed by atoms with Crippen molar-refractivity contribution >= 4 is 43.3 Å². The van der Waals surface area contributed by atoms with Crippen LogP contribution in [0.2, 0.25) is 0 Å². The second-order valence-corrected chi connectivity index (χ2v) is 12.1. The van der Waals surface area contributed by atoms with Gasteiger partial charge in [0.05, 0.1) is 0 Å². The van der Waals surface area contributed by atoms with Crippen LogP contribution in [0, 0.1) is 0 Å². The molecule has 0 N–H and O–H groups in total. The summed E-state index contributed by atoms with van der Waals surface area (Å²) in [5.74, 6) is 1.02. The van der Waals surface area contributed by atoms with Crippen molar-refractivity contribution in [2.24, 2.45) is 0 Å². The van der Waals surface area contributed by atoms with Crippen LogP contribution in [0.1, 0.15) is 25.0 Å². The van der Waals surface area contributed by atoms with Crippen LogP contribution in [0.5, 0.6) is 0 Å². The van der Waals surface area contributed by atoms with E-state index in [1.807, 2.05) is 0 Å². The van der Waals surface area contributed by atoms with Crippen LogP contribution in [-0.4, -0.2) is 0 Å². The SMILES string of the molecule is CC1(C)c2ccccc2-c2oc3cc(-c4c5ccccc5c(-c5cccc6ccccc56)c5ccccc45)ccc3c21. The minimum atomic E-state index is -0.0990. The molecular weight excluding hydrogens is 508 g/mol. The van der Waals surface area contributed by atoms with Gasteiger partial charge in [-0.15, -0.1) is 0 Å². The van der Waals surface area contributed by atoms with Gasteiger partial charge in [-0.25, -0.2) is 0 Å². The fourth-order valence-corrected chi connectivity index (χ4v) is 7.60. The largest absolute Gasteiger partial charge is 0.456 e. The summed E-state index contributed by atoms with van der Waals surface area (Å²) >= 11 is 0. The maximum atomic E-state index is 6.70. The van der Waals surface area contributed by atoms with Crippen molar-refractivity contribution in [3.05, 3.63) is 145 Å². The number of furan rings is 1. The Kier molecular flexibility index (Phi) is 4.73. The second-order valence-electron chi connectivity index (χ2n) is 12.1. The summed E-state index contributed by atoms with van der Waals surface area (Å²) in [4.78, 5) is 0. The van der Waals surface area contributed by atoms with E-state index in [1.165, 1.54) is 76.6 Å². The molecule has 0 radical (unpaired) electrons. The summed E-state index contributed by atoms with van der Waals surface area (Å²) in [6.45, 7) is 4.63. The smallest absolute Gasteiger partial charge is 0.139 e. The van der Waals surface area contributed by atoms with Crippen molar-refractivity contribution in [2.45, 2.75) is 19.3 Å². The van der Waals surface area contributed by atoms with E-state index in [-0.39, 0.29) is 5.41 Å². The number of benzene rings is 7. The summed E-state index contributed by atoms with van der Waals surface area (Å²) in [7, 11) is 0. The molecule has 0 atom stereocenters. The van der Waals surface area contributed by atoms with Gasteiger partial charge in [-0.05, 0) is 66.2 Å². The molecule has 0 spiro atoms. The molecule has 1 heteroatoms. The highest BCUT2D eigenvalue weighted by atomic mass is 16.3.